The maximum absolute atomic E-state index is 13.3. The normalized spacial score (nSPS) is 10.2. The standard InChI is InChI=1S/C14H12FN3O3/c1-8-7-9(5-6-12(8)18(20)21)17-14(19)10-3-2-4-11(15)13(10)16/h2-7H,16H2,1H3,(H,17,19). The van der Waals surface area contributed by atoms with Gasteiger partial charge in [0.1, 0.15) is 5.82 Å². The number of para-hydroxylation sites is 1. The number of benzene rings is 2. The van der Waals surface area contributed by atoms with Gasteiger partial charge in [0.05, 0.1) is 16.2 Å². The first-order valence-corrected chi connectivity index (χ1v) is 6.00. The van der Waals surface area contributed by atoms with Crippen molar-refractivity contribution in [3.8, 4) is 0 Å². The number of anilines is 2. The summed E-state index contributed by atoms with van der Waals surface area (Å²) in [4.78, 5) is 22.2. The number of carbonyl (C=O) groups excluding carboxylic acids is 1. The summed E-state index contributed by atoms with van der Waals surface area (Å²) < 4.78 is 13.3. The summed E-state index contributed by atoms with van der Waals surface area (Å²) in [5.41, 5.74) is 6.00. The van der Waals surface area contributed by atoms with Crippen molar-refractivity contribution in [3.63, 3.8) is 0 Å². The van der Waals surface area contributed by atoms with Crippen LogP contribution in [0.5, 0.6) is 0 Å². The van der Waals surface area contributed by atoms with Crippen LogP contribution in [0.15, 0.2) is 36.4 Å². The topological polar surface area (TPSA) is 98.3 Å². The van der Waals surface area contributed by atoms with Crippen molar-refractivity contribution in [3.05, 3.63) is 63.5 Å². The number of hydrogen-bond donors (Lipinski definition) is 2. The van der Waals surface area contributed by atoms with E-state index in [2.05, 4.69) is 5.32 Å². The van der Waals surface area contributed by atoms with Gasteiger partial charge < -0.3 is 11.1 Å². The Morgan fingerprint density at radius 2 is 2.05 bits per heavy atom. The van der Waals surface area contributed by atoms with Crippen LogP contribution < -0.4 is 11.1 Å². The summed E-state index contributed by atoms with van der Waals surface area (Å²) in [5, 5.41) is 13.2. The van der Waals surface area contributed by atoms with Crippen LogP contribution in [-0.2, 0) is 0 Å². The average Bonchev–Trinajstić information content (AvgIpc) is 2.41. The van der Waals surface area contributed by atoms with Crippen molar-refractivity contribution in [2.24, 2.45) is 0 Å². The Kier molecular flexibility index (Phi) is 3.84. The molecule has 0 aliphatic rings. The van der Waals surface area contributed by atoms with Gasteiger partial charge in [-0.3, -0.25) is 14.9 Å². The monoisotopic (exact) mass is 289 g/mol. The molecule has 0 radical (unpaired) electrons. The van der Waals surface area contributed by atoms with Crippen LogP contribution in [0, 0.1) is 22.9 Å². The summed E-state index contributed by atoms with van der Waals surface area (Å²) >= 11 is 0. The highest BCUT2D eigenvalue weighted by atomic mass is 19.1. The molecule has 0 unspecified atom stereocenters. The van der Waals surface area contributed by atoms with Gasteiger partial charge in [-0.05, 0) is 31.2 Å². The van der Waals surface area contributed by atoms with Crippen LogP contribution in [0.1, 0.15) is 15.9 Å². The highest BCUT2D eigenvalue weighted by Gasteiger charge is 2.15. The number of carbonyl (C=O) groups is 1. The fourth-order valence-corrected chi connectivity index (χ4v) is 1.87. The molecule has 3 N–H and O–H groups in total. The van der Waals surface area contributed by atoms with E-state index in [9.17, 15) is 19.3 Å². The van der Waals surface area contributed by atoms with Gasteiger partial charge in [-0.2, -0.15) is 0 Å². The van der Waals surface area contributed by atoms with Crippen LogP contribution >= 0.6 is 0 Å². The summed E-state index contributed by atoms with van der Waals surface area (Å²) in [7, 11) is 0. The molecule has 1 amide bonds. The highest BCUT2D eigenvalue weighted by molar-refractivity contribution is 6.07. The molecule has 2 aromatic rings. The molecule has 0 bridgehead atoms. The summed E-state index contributed by atoms with van der Waals surface area (Å²) in [6.07, 6.45) is 0. The Morgan fingerprint density at radius 1 is 1.33 bits per heavy atom. The zero-order valence-corrected chi connectivity index (χ0v) is 11.1. The van der Waals surface area contributed by atoms with Gasteiger partial charge in [0.15, 0.2) is 0 Å². The van der Waals surface area contributed by atoms with Crippen LogP contribution in [0.25, 0.3) is 0 Å². The van der Waals surface area contributed by atoms with Gasteiger partial charge in [0.2, 0.25) is 0 Å². The van der Waals surface area contributed by atoms with E-state index in [0.717, 1.165) is 6.07 Å². The van der Waals surface area contributed by atoms with E-state index >= 15 is 0 Å². The van der Waals surface area contributed by atoms with E-state index in [1.807, 2.05) is 0 Å². The van der Waals surface area contributed by atoms with Crippen LogP contribution in [-0.4, -0.2) is 10.8 Å². The third kappa shape index (κ3) is 2.97. The third-order valence-corrected chi connectivity index (χ3v) is 2.95. The van der Waals surface area contributed by atoms with Gasteiger partial charge >= 0.3 is 0 Å². The van der Waals surface area contributed by atoms with E-state index in [0.29, 0.717) is 11.3 Å². The van der Waals surface area contributed by atoms with Crippen LogP contribution in [0.3, 0.4) is 0 Å². The van der Waals surface area contributed by atoms with Crippen molar-refractivity contribution in [2.45, 2.75) is 6.92 Å². The van der Waals surface area contributed by atoms with Crippen molar-refractivity contribution in [2.75, 3.05) is 11.1 Å². The van der Waals surface area contributed by atoms with E-state index in [4.69, 9.17) is 5.73 Å². The molecule has 0 atom stereocenters. The number of amides is 1. The zero-order valence-electron chi connectivity index (χ0n) is 11.1. The number of rotatable bonds is 3. The minimum Gasteiger partial charge on any atom is -0.396 e. The molecule has 21 heavy (non-hydrogen) atoms. The number of nitro benzene ring substituents is 1. The molecule has 0 saturated heterocycles. The summed E-state index contributed by atoms with van der Waals surface area (Å²) in [6, 6.07) is 8.08. The third-order valence-electron chi connectivity index (χ3n) is 2.95. The van der Waals surface area contributed by atoms with E-state index < -0.39 is 16.6 Å². The minimum atomic E-state index is -0.678. The smallest absolute Gasteiger partial charge is 0.272 e. The lowest BCUT2D eigenvalue weighted by molar-refractivity contribution is -0.385. The Hall–Kier alpha value is -2.96. The Morgan fingerprint density at radius 3 is 2.67 bits per heavy atom. The molecular weight excluding hydrogens is 277 g/mol. The zero-order chi connectivity index (χ0) is 15.6. The Bertz CT molecular complexity index is 731. The average molecular weight is 289 g/mol. The molecule has 0 aromatic heterocycles. The van der Waals surface area contributed by atoms with Gasteiger partial charge in [0, 0.05) is 17.3 Å². The molecular formula is C14H12FN3O3. The summed E-state index contributed by atoms with van der Waals surface area (Å²) in [5.74, 6) is -1.26. The van der Waals surface area contributed by atoms with Crippen molar-refractivity contribution in [1.29, 1.82) is 0 Å². The Balaban J connectivity index is 2.26. The maximum Gasteiger partial charge on any atom is 0.272 e. The number of aryl methyl sites for hydroxylation is 1. The minimum absolute atomic E-state index is 0.00556. The second-order valence-electron chi connectivity index (χ2n) is 4.41. The number of halogens is 1. The van der Waals surface area contributed by atoms with Crippen LogP contribution in [0.4, 0.5) is 21.5 Å². The van der Waals surface area contributed by atoms with Crippen molar-refractivity contribution in [1.82, 2.24) is 0 Å². The molecule has 0 aliphatic carbocycles. The number of hydrogen-bond acceptors (Lipinski definition) is 4. The van der Waals surface area contributed by atoms with Crippen molar-refractivity contribution < 1.29 is 14.1 Å². The second-order valence-corrected chi connectivity index (χ2v) is 4.41. The Labute approximate surface area is 119 Å². The number of nitrogen functional groups attached to an aromatic ring is 1. The molecule has 0 heterocycles. The molecule has 108 valence electrons. The number of nitro groups is 1. The van der Waals surface area contributed by atoms with Gasteiger partial charge in [-0.25, -0.2) is 4.39 Å². The molecule has 0 fully saturated rings. The van der Waals surface area contributed by atoms with Crippen molar-refractivity contribution >= 4 is 23.0 Å². The second kappa shape index (κ2) is 5.58. The SMILES string of the molecule is Cc1cc(NC(=O)c2cccc(F)c2N)ccc1[N+](=O)[O-]. The molecule has 7 heteroatoms. The number of nitrogens with zero attached hydrogens (tertiary/aromatic N) is 1. The maximum atomic E-state index is 13.3. The fourth-order valence-electron chi connectivity index (χ4n) is 1.87. The molecule has 0 saturated carbocycles. The van der Waals surface area contributed by atoms with Gasteiger partial charge in [-0.15, -0.1) is 0 Å². The lowest BCUT2D eigenvalue weighted by atomic mass is 10.1. The largest absolute Gasteiger partial charge is 0.396 e. The lowest BCUT2D eigenvalue weighted by Gasteiger charge is -2.08. The van der Waals surface area contributed by atoms with Gasteiger partial charge in [0.25, 0.3) is 11.6 Å². The van der Waals surface area contributed by atoms with E-state index in [-0.39, 0.29) is 16.9 Å². The predicted octanol–water partition coefficient (Wildman–Crippen LogP) is 2.88. The highest BCUT2D eigenvalue weighted by Crippen LogP contribution is 2.23. The van der Waals surface area contributed by atoms with E-state index in [1.54, 1.807) is 6.92 Å². The molecule has 2 rings (SSSR count). The van der Waals surface area contributed by atoms with E-state index in [1.165, 1.54) is 30.3 Å². The lowest BCUT2D eigenvalue weighted by Crippen LogP contribution is -2.15. The number of nitrogens with one attached hydrogen (secondary N) is 1. The molecule has 0 spiro atoms. The summed E-state index contributed by atoms with van der Waals surface area (Å²) in [6.45, 7) is 1.56. The molecule has 0 aliphatic heterocycles. The predicted molar refractivity (Wildman–Crippen MR) is 76.6 cm³/mol. The van der Waals surface area contributed by atoms with Gasteiger partial charge in [-0.1, -0.05) is 6.07 Å². The first-order chi connectivity index (χ1) is 9.90. The number of nitrogens with two attached hydrogens (primary N) is 1. The first kappa shape index (κ1) is 14.4. The van der Waals surface area contributed by atoms with Crippen LogP contribution in [0.2, 0.25) is 0 Å². The fraction of sp³-hybridized carbons (Fsp3) is 0.0714. The molecule has 2 aromatic carbocycles. The molecule has 6 nitrogen and oxygen atoms in total. The first-order valence-electron chi connectivity index (χ1n) is 6.00. The quantitative estimate of drug-likeness (QED) is 0.515.